The first-order chi connectivity index (χ1) is 6.65. The average Bonchev–Trinajstić information content (AvgIpc) is 2.18. The van der Waals surface area contributed by atoms with Gasteiger partial charge < -0.3 is 33.0 Å². The molecule has 1 aromatic carbocycles. The maximum absolute atomic E-state index is 9.64. The molecule has 0 spiro atoms. The first-order valence-corrected chi connectivity index (χ1v) is 4.66. The van der Waals surface area contributed by atoms with Crippen molar-refractivity contribution in [2.45, 2.75) is 13.0 Å². The zero-order chi connectivity index (χ0) is 10.6. The van der Waals surface area contributed by atoms with Crippen molar-refractivity contribution < 1.29 is 33.0 Å². The van der Waals surface area contributed by atoms with Crippen LogP contribution in [-0.2, 0) is 0 Å². The second kappa shape index (κ2) is 6.50. The monoisotopic (exact) mass is 233 g/mol. The van der Waals surface area contributed by atoms with Gasteiger partial charge in [0.15, 0.2) is 11.5 Å². The molecule has 0 heterocycles. The summed E-state index contributed by atoms with van der Waals surface area (Å²) < 4.78 is 0. The third-order valence-corrected chi connectivity index (χ3v) is 2.06. The van der Waals surface area contributed by atoms with Gasteiger partial charge in [0, 0.05) is 0 Å². The molecule has 86 valence electrons. The fraction of sp³-hybridized carbons (Fsp3) is 0.400. The lowest BCUT2D eigenvalue weighted by atomic mass is 10.1. The number of aliphatic hydroxyl groups is 1. The zero-order valence-electron chi connectivity index (χ0n) is 8.52. The highest BCUT2D eigenvalue weighted by Gasteiger charge is 2.10. The SMILES string of the molecule is CC[NH2+]CC(O)c1ccc(O)c(O)c1.[Cl-]. The van der Waals surface area contributed by atoms with Crippen LogP contribution < -0.4 is 17.7 Å². The molecule has 5 N–H and O–H groups in total. The summed E-state index contributed by atoms with van der Waals surface area (Å²) in [6.07, 6.45) is -0.610. The van der Waals surface area contributed by atoms with Crippen LogP contribution in [0.5, 0.6) is 11.5 Å². The van der Waals surface area contributed by atoms with Crippen LogP contribution in [0.4, 0.5) is 0 Å². The lowest BCUT2D eigenvalue weighted by Gasteiger charge is -2.09. The summed E-state index contributed by atoms with van der Waals surface area (Å²) in [5.74, 6) is -0.363. The number of hydrogen-bond donors (Lipinski definition) is 4. The maximum Gasteiger partial charge on any atom is 0.157 e. The van der Waals surface area contributed by atoms with Gasteiger partial charge in [-0.25, -0.2) is 0 Å². The molecule has 1 aromatic rings. The van der Waals surface area contributed by atoms with E-state index >= 15 is 0 Å². The Balaban J connectivity index is 0.00000196. The van der Waals surface area contributed by atoms with Crippen molar-refractivity contribution in [2.24, 2.45) is 0 Å². The fourth-order valence-electron chi connectivity index (χ4n) is 1.21. The van der Waals surface area contributed by atoms with E-state index in [1.165, 1.54) is 12.1 Å². The van der Waals surface area contributed by atoms with Crippen molar-refractivity contribution in [1.29, 1.82) is 0 Å². The van der Waals surface area contributed by atoms with E-state index in [-0.39, 0.29) is 23.9 Å². The number of quaternary nitrogens is 1. The predicted molar refractivity (Wildman–Crippen MR) is 52.1 cm³/mol. The molecule has 0 saturated heterocycles. The summed E-state index contributed by atoms with van der Waals surface area (Å²) in [4.78, 5) is 0. The number of benzene rings is 1. The van der Waals surface area contributed by atoms with Gasteiger partial charge >= 0.3 is 0 Å². The summed E-state index contributed by atoms with van der Waals surface area (Å²) in [7, 11) is 0. The number of nitrogens with two attached hydrogens (primary N) is 1. The van der Waals surface area contributed by atoms with Gasteiger partial charge in [0.05, 0.1) is 6.54 Å². The molecule has 0 radical (unpaired) electrons. The Morgan fingerprint density at radius 2 is 1.93 bits per heavy atom. The van der Waals surface area contributed by atoms with Crippen molar-refractivity contribution in [1.82, 2.24) is 0 Å². The standard InChI is InChI=1S/C10H15NO3.ClH/c1-2-11-6-10(14)7-3-4-8(12)9(13)5-7;/h3-5,10-14H,2,6H2,1H3;1H. The average molecular weight is 234 g/mol. The Bertz CT molecular complexity index is 307. The Morgan fingerprint density at radius 3 is 2.47 bits per heavy atom. The summed E-state index contributed by atoms with van der Waals surface area (Å²) in [5, 5.41) is 29.9. The first kappa shape index (κ1) is 14.0. The van der Waals surface area contributed by atoms with E-state index in [0.717, 1.165) is 6.54 Å². The van der Waals surface area contributed by atoms with E-state index < -0.39 is 6.10 Å². The molecule has 0 aromatic heterocycles. The molecule has 1 unspecified atom stereocenters. The molecule has 0 amide bonds. The summed E-state index contributed by atoms with van der Waals surface area (Å²) >= 11 is 0. The van der Waals surface area contributed by atoms with Gasteiger partial charge in [-0.2, -0.15) is 0 Å². The molecular formula is C10H16ClNO3. The number of hydrogen-bond acceptors (Lipinski definition) is 3. The first-order valence-electron chi connectivity index (χ1n) is 4.66. The summed E-state index contributed by atoms with van der Waals surface area (Å²) in [6.45, 7) is 3.46. The molecule has 0 aliphatic rings. The number of rotatable bonds is 4. The lowest BCUT2D eigenvalue weighted by Crippen LogP contribution is -3.00. The molecule has 4 nitrogen and oxygen atoms in total. The van der Waals surface area contributed by atoms with Gasteiger partial charge in [-0.05, 0) is 24.6 Å². The Labute approximate surface area is 95.0 Å². The molecule has 15 heavy (non-hydrogen) atoms. The highest BCUT2D eigenvalue weighted by Crippen LogP contribution is 2.27. The Kier molecular flexibility index (Phi) is 6.08. The van der Waals surface area contributed by atoms with Crippen LogP contribution >= 0.6 is 0 Å². The minimum absolute atomic E-state index is 0. The number of phenols is 2. The van der Waals surface area contributed by atoms with Crippen molar-refractivity contribution in [3.05, 3.63) is 23.8 Å². The quantitative estimate of drug-likeness (QED) is 0.412. The molecule has 5 heteroatoms. The van der Waals surface area contributed by atoms with Crippen molar-refractivity contribution >= 4 is 0 Å². The molecule has 0 fully saturated rings. The van der Waals surface area contributed by atoms with Crippen LogP contribution in [0.15, 0.2) is 18.2 Å². The smallest absolute Gasteiger partial charge is 0.157 e. The largest absolute Gasteiger partial charge is 1.00 e. The molecule has 0 aliphatic heterocycles. The normalized spacial score (nSPS) is 11.9. The minimum atomic E-state index is -0.610. The summed E-state index contributed by atoms with van der Waals surface area (Å²) in [6, 6.07) is 4.35. The van der Waals surface area contributed by atoms with Gasteiger partial charge in [0.1, 0.15) is 12.6 Å². The second-order valence-corrected chi connectivity index (χ2v) is 3.20. The minimum Gasteiger partial charge on any atom is -1.00 e. The fourth-order valence-corrected chi connectivity index (χ4v) is 1.21. The third-order valence-electron chi connectivity index (χ3n) is 2.06. The zero-order valence-corrected chi connectivity index (χ0v) is 9.28. The lowest BCUT2D eigenvalue weighted by molar-refractivity contribution is -0.658. The van der Waals surface area contributed by atoms with Crippen LogP contribution in [0.1, 0.15) is 18.6 Å². The molecule has 0 saturated carbocycles. The second-order valence-electron chi connectivity index (χ2n) is 3.20. The van der Waals surface area contributed by atoms with E-state index in [1.807, 2.05) is 12.2 Å². The highest BCUT2D eigenvalue weighted by molar-refractivity contribution is 5.41. The number of aromatic hydroxyl groups is 2. The van der Waals surface area contributed by atoms with Gasteiger partial charge in [0.25, 0.3) is 0 Å². The number of phenolic OH excluding ortho intramolecular Hbond substituents is 2. The molecule has 0 aliphatic carbocycles. The number of likely N-dealkylation sites (N-methyl/N-ethyl adjacent to an activating group) is 1. The van der Waals surface area contributed by atoms with Crippen LogP contribution in [0, 0.1) is 0 Å². The van der Waals surface area contributed by atoms with Crippen molar-refractivity contribution in [2.75, 3.05) is 13.1 Å². The molecule has 1 atom stereocenters. The van der Waals surface area contributed by atoms with E-state index in [2.05, 4.69) is 0 Å². The predicted octanol–water partition coefficient (Wildman–Crippen LogP) is -3.28. The third kappa shape index (κ3) is 3.95. The Hall–Kier alpha value is -0.970. The van der Waals surface area contributed by atoms with Crippen LogP contribution in [0.25, 0.3) is 0 Å². The van der Waals surface area contributed by atoms with E-state index in [9.17, 15) is 10.2 Å². The van der Waals surface area contributed by atoms with E-state index in [4.69, 9.17) is 5.11 Å². The summed E-state index contributed by atoms with van der Waals surface area (Å²) in [5.41, 5.74) is 0.616. The molecule has 0 bridgehead atoms. The number of halogens is 1. The maximum atomic E-state index is 9.64. The van der Waals surface area contributed by atoms with Crippen LogP contribution in [-0.4, -0.2) is 28.4 Å². The molecule has 1 rings (SSSR count). The van der Waals surface area contributed by atoms with E-state index in [0.29, 0.717) is 12.1 Å². The van der Waals surface area contributed by atoms with E-state index in [1.54, 1.807) is 6.07 Å². The number of aliphatic hydroxyl groups excluding tert-OH is 1. The molecular weight excluding hydrogens is 218 g/mol. The Morgan fingerprint density at radius 1 is 1.27 bits per heavy atom. The van der Waals surface area contributed by atoms with Crippen molar-refractivity contribution in [3.63, 3.8) is 0 Å². The van der Waals surface area contributed by atoms with Gasteiger partial charge in [-0.15, -0.1) is 0 Å². The van der Waals surface area contributed by atoms with Gasteiger partial charge in [-0.3, -0.25) is 0 Å². The van der Waals surface area contributed by atoms with Gasteiger partial charge in [0.2, 0.25) is 0 Å². The highest BCUT2D eigenvalue weighted by atomic mass is 35.5. The van der Waals surface area contributed by atoms with Crippen molar-refractivity contribution in [3.8, 4) is 11.5 Å². The van der Waals surface area contributed by atoms with Gasteiger partial charge in [-0.1, -0.05) is 6.07 Å². The van der Waals surface area contributed by atoms with Crippen LogP contribution in [0.3, 0.4) is 0 Å². The van der Waals surface area contributed by atoms with Crippen LogP contribution in [0.2, 0.25) is 0 Å². The topological polar surface area (TPSA) is 77.3 Å².